The molecule has 2 aromatic carbocycles. The molecule has 0 aliphatic rings. The van der Waals surface area contributed by atoms with Gasteiger partial charge in [-0.25, -0.2) is 4.39 Å². The quantitative estimate of drug-likeness (QED) is 0.602. The Bertz CT molecular complexity index is 768. The van der Waals surface area contributed by atoms with Gasteiger partial charge in [-0.2, -0.15) is 9.69 Å². The van der Waals surface area contributed by atoms with Gasteiger partial charge in [-0.15, -0.1) is 0 Å². The van der Waals surface area contributed by atoms with E-state index in [9.17, 15) is 4.39 Å². The summed E-state index contributed by atoms with van der Waals surface area (Å²) in [5, 5.41) is 0. The summed E-state index contributed by atoms with van der Waals surface area (Å²) in [6.07, 6.45) is 0. The summed E-state index contributed by atoms with van der Waals surface area (Å²) in [7, 11) is 1.41. The fraction of sp³-hybridized carbons (Fsp3) is 0.0588. The highest BCUT2D eigenvalue weighted by Crippen LogP contribution is 2.26. The minimum atomic E-state index is -0.377. The van der Waals surface area contributed by atoms with Crippen LogP contribution in [0.5, 0.6) is 11.5 Å². The van der Waals surface area contributed by atoms with Crippen molar-refractivity contribution in [1.29, 1.82) is 0 Å². The van der Waals surface area contributed by atoms with Crippen LogP contribution in [0.3, 0.4) is 0 Å². The van der Waals surface area contributed by atoms with Gasteiger partial charge in [0.1, 0.15) is 30.5 Å². The highest BCUT2D eigenvalue weighted by atomic mass is 19.1. The van der Waals surface area contributed by atoms with Crippen molar-refractivity contribution in [1.82, 2.24) is 0 Å². The molecule has 0 saturated heterocycles. The van der Waals surface area contributed by atoms with Gasteiger partial charge in [-0.05, 0) is 36.4 Å². The molecule has 0 spiro atoms. The Morgan fingerprint density at radius 1 is 1.00 bits per heavy atom. The average Bonchev–Trinajstić information content (AvgIpc) is 2.53. The van der Waals surface area contributed by atoms with Gasteiger partial charge >= 0.3 is 5.82 Å². The zero-order chi connectivity index (χ0) is 15.9. The molecule has 0 aliphatic heterocycles. The number of hydrogen-bond donors (Lipinski definition) is 0. The van der Waals surface area contributed by atoms with Crippen molar-refractivity contribution in [3.8, 4) is 11.5 Å². The van der Waals surface area contributed by atoms with Crippen LogP contribution in [0.15, 0.2) is 54.4 Å². The summed E-state index contributed by atoms with van der Waals surface area (Å²) < 4.78 is 23.7. The molecule has 0 radical (unpaired) electrons. The van der Waals surface area contributed by atoms with Gasteiger partial charge in [-0.1, -0.05) is 6.07 Å². The number of halogens is 1. The number of rotatable bonds is 4. The monoisotopic (exact) mass is 294 g/mol. The molecule has 0 bridgehead atoms. The third-order valence-electron chi connectivity index (χ3n) is 2.77. The van der Waals surface area contributed by atoms with E-state index in [1.165, 1.54) is 19.2 Å². The van der Waals surface area contributed by atoms with Crippen LogP contribution < -0.4 is 4.74 Å². The van der Waals surface area contributed by atoms with Crippen molar-refractivity contribution in [2.75, 3.05) is 7.11 Å². The second kappa shape index (κ2) is 6.92. The Balaban J connectivity index is 2.26. The van der Waals surface area contributed by atoms with E-state index in [2.05, 4.69) is 9.69 Å². The maximum atomic E-state index is 13.1. The molecule has 0 aromatic heterocycles. The molecule has 22 heavy (non-hydrogen) atoms. The van der Waals surface area contributed by atoms with Crippen molar-refractivity contribution in [2.45, 2.75) is 0 Å². The Morgan fingerprint density at radius 3 is 2.23 bits per heavy atom. The average molecular weight is 294 g/mol. The third kappa shape index (κ3) is 3.41. The topological polar surface area (TPSA) is 27.2 Å². The van der Waals surface area contributed by atoms with E-state index >= 15 is 0 Å². The smallest absolute Gasteiger partial charge is 0.500 e. The molecule has 5 heteroatoms. The van der Waals surface area contributed by atoms with Gasteiger partial charge < -0.3 is 9.47 Å². The van der Waals surface area contributed by atoms with Crippen molar-refractivity contribution >= 4 is 5.76 Å². The van der Waals surface area contributed by atoms with E-state index < -0.39 is 0 Å². The number of methoxy groups -OCH3 is 1. The summed E-state index contributed by atoms with van der Waals surface area (Å²) in [6, 6.07) is 12.5. The first-order valence-electron chi connectivity index (χ1n) is 6.25. The maximum Gasteiger partial charge on any atom is 0.562 e. The normalized spacial score (nSPS) is 9.27. The minimum Gasteiger partial charge on any atom is -0.500 e. The van der Waals surface area contributed by atoms with E-state index in [4.69, 9.17) is 22.6 Å². The van der Waals surface area contributed by atoms with Crippen LogP contribution in [-0.4, -0.2) is 7.11 Å². The van der Waals surface area contributed by atoms with E-state index in [1.807, 2.05) is 0 Å². The molecule has 0 unspecified atom stereocenters. The SMILES string of the molecule is [C-]#[N+]C([N+]#[C-])=C(OC)c1ccc(Oc2cccc(F)c2)cc1. The predicted molar refractivity (Wildman–Crippen MR) is 80.0 cm³/mol. The lowest BCUT2D eigenvalue weighted by Crippen LogP contribution is -1.91. The zero-order valence-corrected chi connectivity index (χ0v) is 11.7. The highest BCUT2D eigenvalue weighted by molar-refractivity contribution is 5.66. The number of benzene rings is 2. The zero-order valence-electron chi connectivity index (χ0n) is 11.7. The van der Waals surface area contributed by atoms with Crippen LogP contribution in [-0.2, 0) is 4.74 Å². The van der Waals surface area contributed by atoms with Gasteiger partial charge in [-0.3, -0.25) is 0 Å². The lowest BCUT2D eigenvalue weighted by molar-refractivity contribution is 0.368. The number of hydrogen-bond acceptors (Lipinski definition) is 2. The van der Waals surface area contributed by atoms with Crippen molar-refractivity contribution in [3.63, 3.8) is 0 Å². The molecule has 0 amide bonds. The Morgan fingerprint density at radius 2 is 1.68 bits per heavy atom. The largest absolute Gasteiger partial charge is 0.562 e. The molecule has 4 nitrogen and oxygen atoms in total. The van der Waals surface area contributed by atoms with Crippen LogP contribution in [0.25, 0.3) is 15.4 Å². The van der Waals surface area contributed by atoms with Gasteiger partial charge in [0.25, 0.3) is 0 Å². The van der Waals surface area contributed by atoms with E-state index in [0.717, 1.165) is 0 Å². The molecular weight excluding hydrogens is 283 g/mol. The fourth-order valence-corrected chi connectivity index (χ4v) is 1.81. The molecule has 0 atom stereocenters. The summed E-state index contributed by atoms with van der Waals surface area (Å²) in [6.45, 7) is 13.9. The predicted octanol–water partition coefficient (Wildman–Crippen LogP) is 4.73. The first kappa shape index (κ1) is 15.1. The summed E-state index contributed by atoms with van der Waals surface area (Å²) in [4.78, 5) is 6.26. The van der Waals surface area contributed by atoms with Crippen LogP contribution in [0.4, 0.5) is 4.39 Å². The third-order valence-corrected chi connectivity index (χ3v) is 2.77. The Hall–Kier alpha value is -3.31. The maximum absolute atomic E-state index is 13.1. The molecule has 2 rings (SSSR count). The highest BCUT2D eigenvalue weighted by Gasteiger charge is 2.17. The van der Waals surface area contributed by atoms with E-state index in [1.54, 1.807) is 36.4 Å². The lowest BCUT2D eigenvalue weighted by atomic mass is 10.2. The number of nitrogens with zero attached hydrogens (tertiary/aromatic N) is 2. The molecule has 0 heterocycles. The first-order valence-corrected chi connectivity index (χ1v) is 6.25. The van der Waals surface area contributed by atoms with E-state index in [0.29, 0.717) is 17.1 Å². The molecular formula is C17H11FN2O2. The first-order chi connectivity index (χ1) is 10.7. The van der Waals surface area contributed by atoms with Gasteiger partial charge in [0, 0.05) is 11.6 Å². The standard InChI is InChI=1S/C17H11FN2O2/c1-19-17(20-2)16(21-3)12-7-9-14(10-8-12)22-15-6-4-5-13(18)11-15/h4-11H,3H3. The summed E-state index contributed by atoms with van der Waals surface area (Å²) in [5.74, 6) is 0.594. The lowest BCUT2D eigenvalue weighted by Gasteiger charge is -2.07. The second-order valence-electron chi connectivity index (χ2n) is 4.16. The van der Waals surface area contributed by atoms with Crippen LogP contribution in [0, 0.1) is 19.0 Å². The van der Waals surface area contributed by atoms with Crippen molar-refractivity contribution < 1.29 is 13.9 Å². The minimum absolute atomic E-state index is 0.138. The molecule has 0 fully saturated rings. The second-order valence-corrected chi connectivity index (χ2v) is 4.16. The molecule has 0 saturated carbocycles. The van der Waals surface area contributed by atoms with Gasteiger partial charge in [0.05, 0.1) is 7.11 Å². The van der Waals surface area contributed by atoms with Crippen LogP contribution in [0.1, 0.15) is 5.56 Å². The fourth-order valence-electron chi connectivity index (χ4n) is 1.81. The Kier molecular flexibility index (Phi) is 4.74. The van der Waals surface area contributed by atoms with Gasteiger partial charge in [0.2, 0.25) is 5.76 Å². The summed E-state index contributed by atoms with van der Waals surface area (Å²) >= 11 is 0. The summed E-state index contributed by atoms with van der Waals surface area (Å²) in [5.41, 5.74) is 0.594. The van der Waals surface area contributed by atoms with Gasteiger partial charge in [0.15, 0.2) is 0 Å². The molecule has 2 aromatic rings. The van der Waals surface area contributed by atoms with Crippen LogP contribution >= 0.6 is 0 Å². The molecule has 108 valence electrons. The Labute approximate surface area is 127 Å². The van der Waals surface area contributed by atoms with Crippen molar-refractivity contribution in [2.24, 2.45) is 0 Å². The van der Waals surface area contributed by atoms with E-state index in [-0.39, 0.29) is 17.4 Å². The molecule has 0 aliphatic carbocycles. The molecule has 0 N–H and O–H groups in total. The van der Waals surface area contributed by atoms with Crippen molar-refractivity contribution in [3.05, 3.63) is 88.6 Å². The number of ether oxygens (including phenoxy) is 2. The van der Waals surface area contributed by atoms with Crippen LogP contribution in [0.2, 0.25) is 0 Å².